The van der Waals surface area contributed by atoms with Crippen molar-refractivity contribution in [2.45, 2.75) is 39.5 Å². The second-order valence-electron chi connectivity index (χ2n) is 8.00. The van der Waals surface area contributed by atoms with E-state index in [1.54, 1.807) is 0 Å². The zero-order chi connectivity index (χ0) is 21.3. The second kappa shape index (κ2) is 10.8. The Morgan fingerprint density at radius 3 is 1.63 bits per heavy atom. The van der Waals surface area contributed by atoms with Crippen LogP contribution < -0.4 is 0 Å². The lowest BCUT2D eigenvalue weighted by Crippen LogP contribution is -2.37. The molecule has 2 aromatic carbocycles. The Hall–Kier alpha value is -2.89. The molecule has 2 nitrogen and oxygen atoms in total. The Morgan fingerprint density at radius 2 is 1.27 bits per heavy atom. The summed E-state index contributed by atoms with van der Waals surface area (Å²) in [7, 11) is 0. The Morgan fingerprint density at radius 1 is 0.833 bits per heavy atom. The van der Waals surface area contributed by atoms with Gasteiger partial charge in [0.05, 0.1) is 6.54 Å². The first-order valence-corrected chi connectivity index (χ1v) is 10.9. The number of terminal acetylenes is 1. The summed E-state index contributed by atoms with van der Waals surface area (Å²) in [5.74, 6) is 2.85. The highest BCUT2D eigenvalue weighted by Crippen LogP contribution is 2.22. The van der Waals surface area contributed by atoms with Gasteiger partial charge in [-0.2, -0.15) is 0 Å². The summed E-state index contributed by atoms with van der Waals surface area (Å²) in [5, 5.41) is 0. The molecule has 0 N–H and O–H groups in total. The normalized spacial score (nSPS) is 17.4. The van der Waals surface area contributed by atoms with Crippen LogP contribution >= 0.6 is 0 Å². The van der Waals surface area contributed by atoms with Gasteiger partial charge in [0.1, 0.15) is 0 Å². The van der Waals surface area contributed by atoms with E-state index in [2.05, 4.69) is 73.2 Å². The molecule has 0 aliphatic carbocycles. The van der Waals surface area contributed by atoms with Crippen molar-refractivity contribution in [3.05, 3.63) is 81.9 Å². The second-order valence-corrected chi connectivity index (χ2v) is 8.00. The first-order valence-electron chi connectivity index (χ1n) is 10.9. The van der Waals surface area contributed by atoms with Gasteiger partial charge in [-0.3, -0.25) is 9.69 Å². The van der Waals surface area contributed by atoms with Crippen molar-refractivity contribution in [2.75, 3.05) is 19.6 Å². The topological polar surface area (TPSA) is 20.3 Å². The molecule has 0 amide bonds. The van der Waals surface area contributed by atoms with Gasteiger partial charge in [-0.15, -0.1) is 6.42 Å². The summed E-state index contributed by atoms with van der Waals surface area (Å²) < 4.78 is 0. The number of nitrogens with zero attached hydrogens (tertiary/aromatic N) is 1. The van der Waals surface area contributed by atoms with Crippen molar-refractivity contribution in [1.82, 2.24) is 4.90 Å². The van der Waals surface area contributed by atoms with Gasteiger partial charge in [-0.05, 0) is 47.2 Å². The maximum absolute atomic E-state index is 13.2. The molecule has 0 bridgehead atoms. The van der Waals surface area contributed by atoms with Gasteiger partial charge >= 0.3 is 0 Å². The number of rotatable bonds is 7. The molecular weight excluding hydrogens is 366 g/mol. The average molecular weight is 398 g/mol. The third-order valence-corrected chi connectivity index (χ3v) is 5.40. The number of likely N-dealkylation sites (tertiary alicyclic amines) is 1. The fraction of sp³-hybridized carbons (Fsp3) is 0.321. The number of piperidine rings is 1. The van der Waals surface area contributed by atoms with Crippen LogP contribution in [-0.2, 0) is 17.6 Å². The summed E-state index contributed by atoms with van der Waals surface area (Å²) in [4.78, 5) is 15.4. The van der Waals surface area contributed by atoms with E-state index < -0.39 is 0 Å². The van der Waals surface area contributed by atoms with E-state index in [1.165, 1.54) is 11.1 Å². The number of carbonyl (C=O) groups is 1. The van der Waals surface area contributed by atoms with E-state index in [0.717, 1.165) is 48.0 Å². The minimum absolute atomic E-state index is 0.124. The van der Waals surface area contributed by atoms with Crippen molar-refractivity contribution in [1.29, 1.82) is 0 Å². The van der Waals surface area contributed by atoms with Crippen molar-refractivity contribution in [3.8, 4) is 12.3 Å². The zero-order valence-corrected chi connectivity index (χ0v) is 18.2. The Labute approximate surface area is 181 Å². The molecule has 0 atom stereocenters. The van der Waals surface area contributed by atoms with Gasteiger partial charge in [-0.1, -0.05) is 81.1 Å². The van der Waals surface area contributed by atoms with Gasteiger partial charge in [0.2, 0.25) is 0 Å². The van der Waals surface area contributed by atoms with Gasteiger partial charge < -0.3 is 0 Å². The van der Waals surface area contributed by atoms with Crippen LogP contribution in [0.15, 0.2) is 59.7 Å². The van der Waals surface area contributed by atoms with Crippen LogP contribution in [0, 0.1) is 12.3 Å². The van der Waals surface area contributed by atoms with Crippen LogP contribution in [0.25, 0.3) is 12.2 Å². The van der Waals surface area contributed by atoms with E-state index in [-0.39, 0.29) is 5.78 Å². The largest absolute Gasteiger partial charge is 0.289 e. The number of hydrogen-bond donors (Lipinski definition) is 0. The predicted octanol–water partition coefficient (Wildman–Crippen LogP) is 5.58. The van der Waals surface area contributed by atoms with Crippen LogP contribution in [0.2, 0.25) is 0 Å². The predicted molar refractivity (Wildman–Crippen MR) is 127 cm³/mol. The summed E-state index contributed by atoms with van der Waals surface area (Å²) in [6.07, 6.45) is 14.0. The maximum Gasteiger partial charge on any atom is 0.187 e. The molecule has 2 aromatic rings. The summed E-state index contributed by atoms with van der Waals surface area (Å²) in [6, 6.07) is 17.0. The van der Waals surface area contributed by atoms with Crippen molar-refractivity contribution in [3.63, 3.8) is 0 Å². The number of aryl methyl sites for hydroxylation is 2. The first kappa shape index (κ1) is 21.8. The van der Waals surface area contributed by atoms with Crippen molar-refractivity contribution in [2.24, 2.45) is 0 Å². The SMILES string of the molecule is C#CCN1CC(=Cc2ccc(CCC)cc2)C(=O)C(=Cc2ccc(CCC)cc2)C1. The molecule has 1 heterocycles. The van der Waals surface area contributed by atoms with Crippen LogP contribution in [0.5, 0.6) is 0 Å². The van der Waals surface area contributed by atoms with E-state index in [1.807, 2.05) is 12.2 Å². The highest BCUT2D eigenvalue weighted by molar-refractivity contribution is 6.14. The summed E-state index contributed by atoms with van der Waals surface area (Å²) in [5.41, 5.74) is 6.38. The molecule has 1 fully saturated rings. The van der Waals surface area contributed by atoms with Crippen molar-refractivity contribution >= 4 is 17.9 Å². The van der Waals surface area contributed by atoms with Crippen LogP contribution in [0.3, 0.4) is 0 Å². The van der Waals surface area contributed by atoms with Gasteiger partial charge in [0.15, 0.2) is 5.78 Å². The fourth-order valence-corrected chi connectivity index (χ4v) is 3.89. The van der Waals surface area contributed by atoms with E-state index >= 15 is 0 Å². The van der Waals surface area contributed by atoms with Crippen molar-refractivity contribution < 1.29 is 4.79 Å². The quantitative estimate of drug-likeness (QED) is 0.449. The molecule has 154 valence electrons. The summed E-state index contributed by atoms with van der Waals surface area (Å²) >= 11 is 0. The molecule has 0 saturated carbocycles. The molecule has 1 aliphatic heterocycles. The third kappa shape index (κ3) is 5.81. The van der Waals surface area contributed by atoms with E-state index in [9.17, 15) is 4.79 Å². The zero-order valence-electron chi connectivity index (χ0n) is 18.2. The Bertz CT molecular complexity index is 884. The lowest BCUT2D eigenvalue weighted by atomic mass is 9.93. The fourth-order valence-electron chi connectivity index (χ4n) is 3.89. The smallest absolute Gasteiger partial charge is 0.187 e. The van der Waals surface area contributed by atoms with Gasteiger partial charge in [0, 0.05) is 24.2 Å². The minimum atomic E-state index is 0.124. The molecule has 0 unspecified atom stereocenters. The number of carbonyl (C=O) groups excluding carboxylic acids is 1. The molecule has 0 radical (unpaired) electrons. The lowest BCUT2D eigenvalue weighted by Gasteiger charge is -2.28. The Balaban J connectivity index is 1.86. The summed E-state index contributed by atoms with van der Waals surface area (Å²) in [6.45, 7) is 6.08. The molecule has 0 aromatic heterocycles. The Kier molecular flexibility index (Phi) is 7.82. The monoisotopic (exact) mass is 397 g/mol. The highest BCUT2D eigenvalue weighted by Gasteiger charge is 2.25. The van der Waals surface area contributed by atoms with Gasteiger partial charge in [-0.25, -0.2) is 0 Å². The van der Waals surface area contributed by atoms with Crippen LogP contribution in [0.4, 0.5) is 0 Å². The molecule has 30 heavy (non-hydrogen) atoms. The maximum atomic E-state index is 13.2. The lowest BCUT2D eigenvalue weighted by molar-refractivity contribution is -0.113. The third-order valence-electron chi connectivity index (χ3n) is 5.40. The number of ketones is 1. The average Bonchev–Trinajstić information content (AvgIpc) is 2.75. The van der Waals surface area contributed by atoms with Crippen LogP contribution in [0.1, 0.15) is 48.9 Å². The molecule has 1 saturated heterocycles. The number of benzene rings is 2. The van der Waals surface area contributed by atoms with E-state index in [4.69, 9.17) is 6.42 Å². The minimum Gasteiger partial charge on any atom is -0.289 e. The highest BCUT2D eigenvalue weighted by atomic mass is 16.1. The molecular formula is C28H31NO. The molecule has 1 aliphatic rings. The van der Waals surface area contributed by atoms with E-state index in [0.29, 0.717) is 19.6 Å². The molecule has 0 spiro atoms. The standard InChI is InChI=1S/C28H31NO/c1-4-7-22-9-13-24(14-10-22)18-26-20-29(17-6-3)21-27(28(26)30)19-25-15-11-23(8-5-2)12-16-25/h3,9-16,18-19H,4-5,7-8,17,20-21H2,1-2H3. The molecule has 3 rings (SSSR count). The first-order chi connectivity index (χ1) is 14.6. The molecule has 2 heteroatoms. The number of hydrogen-bond acceptors (Lipinski definition) is 2. The number of Topliss-reactive ketones (excluding diaryl/α,β-unsaturated/α-hetero) is 1. The van der Waals surface area contributed by atoms with Crippen LogP contribution in [-0.4, -0.2) is 30.3 Å². The van der Waals surface area contributed by atoms with Gasteiger partial charge in [0.25, 0.3) is 0 Å².